The van der Waals surface area contributed by atoms with E-state index in [0.29, 0.717) is 41.5 Å². The lowest BCUT2D eigenvalue weighted by molar-refractivity contribution is -0.218. The molecular formula is C30H34ClNO6S. The van der Waals surface area contributed by atoms with Gasteiger partial charge in [0, 0.05) is 27.8 Å². The lowest BCUT2D eigenvalue weighted by atomic mass is 9.90. The van der Waals surface area contributed by atoms with Gasteiger partial charge >= 0.3 is 0 Å². The van der Waals surface area contributed by atoms with Crippen molar-refractivity contribution >= 4 is 35.0 Å². The van der Waals surface area contributed by atoms with Crippen LogP contribution in [-0.2, 0) is 16.0 Å². The Morgan fingerprint density at radius 3 is 2.49 bits per heavy atom. The fraction of sp³-hybridized carbons (Fsp3) is 0.367. The first kappa shape index (κ1) is 29.4. The van der Waals surface area contributed by atoms with Crippen LogP contribution >= 0.6 is 23.4 Å². The molecule has 0 bridgehead atoms. The number of rotatable bonds is 10. The molecule has 3 aromatic carbocycles. The molecule has 4 N–H and O–H groups in total. The summed E-state index contributed by atoms with van der Waals surface area (Å²) < 4.78 is 11.7. The first-order valence-electron chi connectivity index (χ1n) is 13.0. The molecule has 0 aliphatic carbocycles. The molecule has 0 aromatic heterocycles. The molecule has 1 fully saturated rings. The van der Waals surface area contributed by atoms with Gasteiger partial charge in [-0.1, -0.05) is 48.9 Å². The molecule has 7 nitrogen and oxygen atoms in total. The van der Waals surface area contributed by atoms with E-state index in [0.717, 1.165) is 21.8 Å². The minimum absolute atomic E-state index is 0.0759. The third-order valence-corrected chi connectivity index (χ3v) is 8.04. The van der Waals surface area contributed by atoms with Crippen LogP contribution in [0.15, 0.2) is 71.6 Å². The number of aliphatic hydroxyl groups is 3. The number of hydrogen-bond acceptors (Lipinski definition) is 7. The fourth-order valence-electron chi connectivity index (χ4n) is 4.45. The van der Waals surface area contributed by atoms with E-state index < -0.39 is 30.5 Å². The van der Waals surface area contributed by atoms with Crippen molar-refractivity contribution in [2.24, 2.45) is 0 Å². The largest absolute Gasteiger partial charge is 0.494 e. The van der Waals surface area contributed by atoms with E-state index in [9.17, 15) is 20.1 Å². The van der Waals surface area contributed by atoms with Crippen LogP contribution in [0.4, 0.5) is 5.69 Å². The summed E-state index contributed by atoms with van der Waals surface area (Å²) in [6.45, 7) is 4.32. The number of benzene rings is 3. The Labute approximate surface area is 238 Å². The van der Waals surface area contributed by atoms with Crippen LogP contribution in [0.5, 0.6) is 5.75 Å². The number of hydrogen-bond donors (Lipinski definition) is 4. The number of thioether (sulfide) groups is 1. The van der Waals surface area contributed by atoms with Gasteiger partial charge in [0.2, 0.25) is 5.91 Å². The monoisotopic (exact) mass is 571 g/mol. The average Bonchev–Trinajstić information content (AvgIpc) is 2.94. The maximum Gasteiger partial charge on any atom is 0.224 e. The van der Waals surface area contributed by atoms with Crippen LogP contribution < -0.4 is 10.1 Å². The summed E-state index contributed by atoms with van der Waals surface area (Å²) in [5, 5.41) is 35.6. The van der Waals surface area contributed by atoms with E-state index in [4.69, 9.17) is 21.1 Å². The van der Waals surface area contributed by atoms with E-state index in [1.807, 2.05) is 61.5 Å². The molecular weight excluding hydrogens is 538 g/mol. The number of carbonyl (C=O) groups is 1. The number of carbonyl (C=O) groups excluding carboxylic acids is 1. The Morgan fingerprint density at radius 2 is 1.77 bits per heavy atom. The Balaban J connectivity index is 1.47. The number of ether oxygens (including phenoxy) is 2. The molecule has 9 heteroatoms. The Bertz CT molecular complexity index is 1260. The van der Waals surface area contributed by atoms with Crippen molar-refractivity contribution in [1.82, 2.24) is 0 Å². The smallest absolute Gasteiger partial charge is 0.224 e. The van der Waals surface area contributed by atoms with Crippen molar-refractivity contribution in [3.63, 3.8) is 0 Å². The number of aliphatic hydroxyl groups excluding tert-OH is 3. The zero-order valence-electron chi connectivity index (χ0n) is 21.9. The maximum atomic E-state index is 11.7. The predicted molar refractivity (Wildman–Crippen MR) is 154 cm³/mol. The number of anilines is 1. The highest BCUT2D eigenvalue weighted by molar-refractivity contribution is 7.99. The molecule has 1 saturated heterocycles. The van der Waals surface area contributed by atoms with E-state index in [-0.39, 0.29) is 5.91 Å². The Hall–Kier alpha value is -2.59. The zero-order valence-corrected chi connectivity index (χ0v) is 23.5. The van der Waals surface area contributed by atoms with Crippen molar-refractivity contribution < 1.29 is 29.6 Å². The van der Waals surface area contributed by atoms with Crippen molar-refractivity contribution in [2.75, 3.05) is 17.7 Å². The number of halogens is 1. The lowest BCUT2D eigenvalue weighted by Crippen LogP contribution is -2.54. The van der Waals surface area contributed by atoms with Crippen LogP contribution in [0.3, 0.4) is 0 Å². The summed E-state index contributed by atoms with van der Waals surface area (Å²) in [4.78, 5) is 12.6. The van der Waals surface area contributed by atoms with Crippen molar-refractivity contribution in [3.8, 4) is 5.75 Å². The topological polar surface area (TPSA) is 108 Å². The van der Waals surface area contributed by atoms with Crippen molar-refractivity contribution in [2.45, 2.75) is 62.1 Å². The fourth-order valence-corrected chi connectivity index (χ4v) is 5.65. The molecule has 0 saturated carbocycles. The van der Waals surface area contributed by atoms with Gasteiger partial charge in [-0.2, -0.15) is 0 Å². The Kier molecular flexibility index (Phi) is 10.3. The normalized spacial score (nSPS) is 22.9. The molecule has 0 spiro atoms. The lowest BCUT2D eigenvalue weighted by Gasteiger charge is -2.41. The van der Waals surface area contributed by atoms with Crippen LogP contribution in [0.1, 0.15) is 43.1 Å². The van der Waals surface area contributed by atoms with E-state index in [1.54, 1.807) is 19.1 Å². The van der Waals surface area contributed by atoms with Gasteiger partial charge < -0.3 is 30.1 Å². The molecule has 1 aliphatic rings. The zero-order chi connectivity index (χ0) is 27.9. The van der Waals surface area contributed by atoms with Gasteiger partial charge in [-0.3, -0.25) is 4.79 Å². The summed E-state index contributed by atoms with van der Waals surface area (Å²) in [5.41, 5.74) is 3.25. The molecule has 208 valence electrons. The molecule has 4 rings (SSSR count). The minimum atomic E-state index is -1.38. The third-order valence-electron chi connectivity index (χ3n) is 6.59. The quantitative estimate of drug-likeness (QED) is 0.254. The second-order valence-electron chi connectivity index (χ2n) is 9.41. The molecule has 1 amide bonds. The van der Waals surface area contributed by atoms with Gasteiger partial charge in [0.25, 0.3) is 0 Å². The van der Waals surface area contributed by atoms with Crippen molar-refractivity contribution in [3.05, 3.63) is 88.4 Å². The summed E-state index contributed by atoms with van der Waals surface area (Å²) in [5.74, 6) is 1.06. The standard InChI is InChI=1S/C30H34ClNO6S/c1-3-26(33)32-21-6-5-7-23(16-21)39-17-25-27(34)28(35)29(36)30(38-25)19-10-13-24(31)20(15-19)14-18-8-11-22(12-9-18)37-4-2/h5-13,15-16,25,27-30,34-36H,3-4,14,17H2,1-2H3,(H,32,33)/t25-,27-,28+,29-,30+/m1/s1. The first-order valence-corrected chi connectivity index (χ1v) is 14.4. The van der Waals surface area contributed by atoms with Gasteiger partial charge in [-0.05, 0) is 66.4 Å². The van der Waals surface area contributed by atoms with E-state index in [1.165, 1.54) is 11.8 Å². The van der Waals surface area contributed by atoms with Gasteiger partial charge in [0.1, 0.15) is 30.2 Å². The van der Waals surface area contributed by atoms with Gasteiger partial charge in [-0.15, -0.1) is 11.8 Å². The minimum Gasteiger partial charge on any atom is -0.494 e. The highest BCUT2D eigenvalue weighted by Gasteiger charge is 2.44. The maximum absolute atomic E-state index is 11.7. The van der Waals surface area contributed by atoms with Crippen LogP contribution in [0, 0.1) is 0 Å². The van der Waals surface area contributed by atoms with Gasteiger partial charge in [-0.25, -0.2) is 0 Å². The molecule has 0 radical (unpaired) electrons. The van der Waals surface area contributed by atoms with Crippen molar-refractivity contribution in [1.29, 1.82) is 0 Å². The first-order chi connectivity index (χ1) is 18.8. The molecule has 5 atom stereocenters. The molecule has 0 unspecified atom stereocenters. The summed E-state index contributed by atoms with van der Waals surface area (Å²) in [6.07, 6.45) is -4.59. The highest BCUT2D eigenvalue weighted by atomic mass is 35.5. The molecule has 1 heterocycles. The second kappa shape index (κ2) is 13.7. The number of amides is 1. The van der Waals surface area contributed by atoms with E-state index in [2.05, 4.69) is 5.32 Å². The van der Waals surface area contributed by atoms with Crippen LogP contribution in [0.25, 0.3) is 0 Å². The predicted octanol–water partition coefficient (Wildman–Crippen LogP) is 4.99. The third kappa shape index (κ3) is 7.54. The average molecular weight is 572 g/mol. The summed E-state index contributed by atoms with van der Waals surface area (Å²) >= 11 is 7.94. The SMILES string of the molecule is CCOc1ccc(Cc2cc([C@@H]3O[C@H](CSc4cccc(NC(=O)CC)c4)[C@@H](O)[C@H](O)[C@H]3O)ccc2Cl)cc1. The summed E-state index contributed by atoms with van der Waals surface area (Å²) in [7, 11) is 0. The van der Waals surface area contributed by atoms with Crippen LogP contribution in [0.2, 0.25) is 5.02 Å². The number of nitrogens with one attached hydrogen (secondary N) is 1. The van der Waals surface area contributed by atoms with Gasteiger partial charge in [0.05, 0.1) is 12.7 Å². The van der Waals surface area contributed by atoms with Crippen LogP contribution in [-0.4, -0.2) is 58.0 Å². The highest BCUT2D eigenvalue weighted by Crippen LogP contribution is 2.36. The molecule has 1 aliphatic heterocycles. The Morgan fingerprint density at radius 1 is 1.00 bits per heavy atom. The van der Waals surface area contributed by atoms with E-state index >= 15 is 0 Å². The molecule has 39 heavy (non-hydrogen) atoms. The van der Waals surface area contributed by atoms with Gasteiger partial charge in [0.15, 0.2) is 0 Å². The molecule has 3 aromatic rings. The second-order valence-corrected chi connectivity index (χ2v) is 10.9. The summed E-state index contributed by atoms with van der Waals surface area (Å²) in [6, 6.07) is 20.6.